The molecule has 6 heteroatoms. The number of benzene rings is 12. The zero-order chi connectivity index (χ0) is 67.6. The molecule has 3 aliphatic heterocycles. The highest BCUT2D eigenvalue weighted by Gasteiger charge is 2.62. The van der Waals surface area contributed by atoms with Crippen LogP contribution >= 0.6 is 0 Å². The Bertz CT molecular complexity index is 4580. The van der Waals surface area contributed by atoms with Gasteiger partial charge in [0.15, 0.2) is 16.1 Å². The van der Waals surface area contributed by atoms with Gasteiger partial charge in [0.1, 0.15) is 0 Å². The first-order valence-corrected chi connectivity index (χ1v) is 39.8. The Kier molecular flexibility index (Phi) is 15.3. The van der Waals surface area contributed by atoms with Crippen molar-refractivity contribution in [2.75, 3.05) is 14.7 Å². The molecule has 0 spiro atoms. The molecule has 2 atom stereocenters. The third kappa shape index (κ3) is 9.85. The fraction of sp³-hybridized carbons (Fsp3) is 0.217. The summed E-state index contributed by atoms with van der Waals surface area (Å²) in [5.41, 5.74) is 19.0. The summed E-state index contributed by atoms with van der Waals surface area (Å²) in [7, 11) is -5.82. The SMILES string of the molecule is CC(C)(C)c1cccc(N2c3cc(C(C)(C)C)ccc3B3c4cc(C(C)(C)C)cc5c4N(c4cc(N(c6ccc([Si](c7ccccc7)(c7ccccc7)c7ccccc7)cc6)c6ccc([Si](c7ccccc7)(c7ccccc7)c7ccccc7)cc6)cc2c43)C2(C)CCCCC52C)c1. The first-order valence-electron chi connectivity index (χ1n) is 35.8. The number of hydrogen-bond donors (Lipinski definition) is 0. The molecule has 3 heterocycles. The van der Waals surface area contributed by atoms with Crippen molar-refractivity contribution >= 4 is 126 Å². The second-order valence-electron chi connectivity index (χ2n) is 32.0. The normalized spacial score (nSPS) is 17.2. The molecule has 1 saturated carbocycles. The van der Waals surface area contributed by atoms with Crippen LogP contribution in [0.2, 0.25) is 0 Å². The minimum atomic E-state index is -2.91. The van der Waals surface area contributed by atoms with Crippen LogP contribution in [0.15, 0.2) is 297 Å². The molecule has 4 aliphatic rings. The van der Waals surface area contributed by atoms with E-state index in [9.17, 15) is 0 Å². The van der Waals surface area contributed by atoms with Gasteiger partial charge in [-0.2, -0.15) is 0 Å². The molecule has 0 bridgehead atoms. The van der Waals surface area contributed by atoms with E-state index in [1.54, 1.807) is 0 Å². The van der Waals surface area contributed by atoms with E-state index in [1.807, 2.05) is 0 Å². The van der Waals surface area contributed by atoms with Gasteiger partial charge >= 0.3 is 0 Å². The number of anilines is 8. The second-order valence-corrected chi connectivity index (χ2v) is 39.6. The summed E-state index contributed by atoms with van der Waals surface area (Å²) in [6.45, 7) is 26.7. The molecule has 98 heavy (non-hydrogen) atoms. The van der Waals surface area contributed by atoms with Crippen LogP contribution in [0, 0.1) is 0 Å². The van der Waals surface area contributed by atoms with E-state index < -0.39 is 16.1 Å². The lowest BCUT2D eigenvalue weighted by molar-refractivity contribution is 0.195. The van der Waals surface area contributed by atoms with E-state index in [2.05, 4.69) is 388 Å². The van der Waals surface area contributed by atoms with Gasteiger partial charge in [0.25, 0.3) is 6.71 Å². The average Bonchev–Trinajstić information content (AvgIpc) is 1.47. The maximum Gasteiger partial charge on any atom is 0.252 e. The van der Waals surface area contributed by atoms with E-state index in [4.69, 9.17) is 0 Å². The number of fused-ring (bicyclic) bond motifs is 7. The number of nitrogens with zero attached hydrogens (tertiary/aromatic N) is 3. The van der Waals surface area contributed by atoms with Crippen LogP contribution in [0.1, 0.15) is 124 Å². The van der Waals surface area contributed by atoms with Gasteiger partial charge in [-0.15, -0.1) is 0 Å². The fourth-order valence-corrected chi connectivity index (χ4v) is 27.5. The average molecular weight is 1300 g/mol. The lowest BCUT2D eigenvalue weighted by Gasteiger charge is -2.53. The van der Waals surface area contributed by atoms with Crippen molar-refractivity contribution in [2.24, 2.45) is 0 Å². The van der Waals surface area contributed by atoms with Crippen molar-refractivity contribution in [1.82, 2.24) is 0 Å². The third-order valence-electron chi connectivity index (χ3n) is 23.3. The quantitative estimate of drug-likeness (QED) is 0.0892. The molecule has 0 amide bonds. The molecule has 0 radical (unpaired) electrons. The summed E-state index contributed by atoms with van der Waals surface area (Å²) >= 11 is 0. The Morgan fingerprint density at radius 1 is 0.347 bits per heavy atom. The molecule has 0 aromatic heterocycles. The van der Waals surface area contributed by atoms with Crippen LogP contribution in [0.25, 0.3) is 0 Å². The van der Waals surface area contributed by atoms with Crippen molar-refractivity contribution in [2.45, 2.75) is 129 Å². The van der Waals surface area contributed by atoms with Crippen LogP contribution in [-0.4, -0.2) is 28.4 Å². The monoisotopic (exact) mass is 1300 g/mol. The molecule has 484 valence electrons. The zero-order valence-corrected chi connectivity index (χ0v) is 61.0. The van der Waals surface area contributed by atoms with E-state index in [1.165, 1.54) is 121 Å². The van der Waals surface area contributed by atoms with Gasteiger partial charge < -0.3 is 14.7 Å². The Labute approximate surface area is 585 Å². The van der Waals surface area contributed by atoms with Crippen molar-refractivity contribution in [3.05, 3.63) is 320 Å². The summed E-state index contributed by atoms with van der Waals surface area (Å²) in [5, 5.41) is 10.8. The van der Waals surface area contributed by atoms with E-state index in [0.717, 1.165) is 29.9 Å². The van der Waals surface area contributed by atoms with E-state index in [-0.39, 0.29) is 33.9 Å². The smallest absolute Gasteiger partial charge is 0.252 e. The summed E-state index contributed by atoms with van der Waals surface area (Å²) in [5.74, 6) is 0. The molecular weight excluding hydrogens is 1210 g/mol. The minimum Gasteiger partial charge on any atom is -0.335 e. The zero-order valence-electron chi connectivity index (χ0n) is 59.0. The molecule has 0 N–H and O–H groups in total. The molecule has 12 aromatic carbocycles. The highest BCUT2D eigenvalue weighted by Crippen LogP contribution is 2.63. The minimum absolute atomic E-state index is 0.0223. The number of rotatable bonds is 12. The van der Waals surface area contributed by atoms with Gasteiger partial charge in [-0.05, 0) is 171 Å². The number of hydrogen-bond acceptors (Lipinski definition) is 3. The first-order chi connectivity index (χ1) is 47.2. The topological polar surface area (TPSA) is 9.72 Å². The molecule has 2 unspecified atom stereocenters. The highest BCUT2D eigenvalue weighted by molar-refractivity contribution is 7.20. The van der Waals surface area contributed by atoms with Gasteiger partial charge in [0.05, 0.1) is 11.2 Å². The predicted molar refractivity (Wildman–Crippen MR) is 427 cm³/mol. The van der Waals surface area contributed by atoms with Crippen molar-refractivity contribution < 1.29 is 0 Å². The van der Waals surface area contributed by atoms with Crippen LogP contribution < -0.4 is 72.6 Å². The Morgan fingerprint density at radius 2 is 0.755 bits per heavy atom. The molecule has 12 aromatic rings. The maximum absolute atomic E-state index is 2.93. The molecule has 1 aliphatic carbocycles. The second kappa shape index (κ2) is 23.6. The lowest BCUT2D eigenvalue weighted by atomic mass is 9.33. The first kappa shape index (κ1) is 63.3. The highest BCUT2D eigenvalue weighted by atomic mass is 28.3. The van der Waals surface area contributed by atoms with Crippen LogP contribution in [0.5, 0.6) is 0 Å². The molecule has 0 saturated heterocycles. The van der Waals surface area contributed by atoms with Gasteiger partial charge in [-0.3, -0.25) is 0 Å². The lowest BCUT2D eigenvalue weighted by Crippen LogP contribution is -2.74. The summed E-state index contributed by atoms with van der Waals surface area (Å²) in [6, 6.07) is 116. The summed E-state index contributed by atoms with van der Waals surface area (Å²) in [4.78, 5) is 8.25. The molecule has 3 nitrogen and oxygen atoms in total. The van der Waals surface area contributed by atoms with E-state index >= 15 is 0 Å². The van der Waals surface area contributed by atoms with Crippen LogP contribution in [0.3, 0.4) is 0 Å². The summed E-state index contributed by atoms with van der Waals surface area (Å²) < 4.78 is 0. The Balaban J connectivity index is 1.01. The largest absolute Gasteiger partial charge is 0.335 e. The van der Waals surface area contributed by atoms with Gasteiger partial charge in [-0.1, -0.05) is 325 Å². The molecule has 16 rings (SSSR count). The fourth-order valence-electron chi connectivity index (χ4n) is 18.0. The molecule has 1 fully saturated rings. The van der Waals surface area contributed by atoms with Gasteiger partial charge in [0, 0.05) is 45.2 Å². The van der Waals surface area contributed by atoms with Crippen LogP contribution in [-0.2, 0) is 21.7 Å². The van der Waals surface area contributed by atoms with E-state index in [0.29, 0.717) is 0 Å². The third-order valence-corrected chi connectivity index (χ3v) is 32.9. The Hall–Kier alpha value is -9.46. The van der Waals surface area contributed by atoms with Crippen molar-refractivity contribution in [3.8, 4) is 0 Å². The maximum atomic E-state index is 2.93. The van der Waals surface area contributed by atoms with Crippen molar-refractivity contribution in [3.63, 3.8) is 0 Å². The Morgan fingerprint density at radius 3 is 1.19 bits per heavy atom. The summed E-state index contributed by atoms with van der Waals surface area (Å²) in [6.07, 6.45) is 4.66. The van der Waals surface area contributed by atoms with Gasteiger partial charge in [-0.25, -0.2) is 0 Å². The molecular formula is C92H90BN3Si2. The predicted octanol–water partition coefficient (Wildman–Crippen LogP) is 16.2. The van der Waals surface area contributed by atoms with Gasteiger partial charge in [0.2, 0.25) is 0 Å². The van der Waals surface area contributed by atoms with Crippen LogP contribution in [0.4, 0.5) is 45.5 Å². The standard InChI is InChI=1S/C92H90BN3Si2/c1-88(2,3)65-33-32-34-70(59-65)95-83-62-66(89(4,5)6)47-56-81(83)93-82-61-67(90(7,8)9)60-80-87(82)96(92(11)58-31-30-57-91(80,92)10)85-64-71(63-84(95)86(85)93)94(68-48-52-78(53-49-68)97(72-35-18-12-19-36-72,73-37-20-13-21-38-73)74-39-22-14-23-40-74)69-50-54-79(55-51-69)98(75-41-24-15-25-42-75,76-43-26-16-27-44-76)77-45-28-17-29-46-77/h12-29,32-56,59-64H,30-31,57-58H2,1-11H3. The van der Waals surface area contributed by atoms with Crippen molar-refractivity contribution in [1.29, 1.82) is 0 Å².